The Morgan fingerprint density at radius 3 is 2.65 bits per heavy atom. The highest BCUT2D eigenvalue weighted by atomic mass is 16.5. The van der Waals surface area contributed by atoms with E-state index in [1.54, 1.807) is 7.11 Å². The van der Waals surface area contributed by atoms with Crippen molar-refractivity contribution in [2.45, 2.75) is 25.4 Å². The monoisotopic (exact) mass is 232 g/mol. The quantitative estimate of drug-likeness (QED) is 0.552. The number of hydrogen-bond acceptors (Lipinski definition) is 2. The van der Waals surface area contributed by atoms with Gasteiger partial charge in [0.2, 0.25) is 0 Å². The summed E-state index contributed by atoms with van der Waals surface area (Å²) in [6, 6.07) is 10.4. The molecule has 0 unspecified atom stereocenters. The largest absolute Gasteiger partial charge is 0.382 e. The van der Waals surface area contributed by atoms with Crippen LogP contribution in [-0.2, 0) is 9.47 Å². The van der Waals surface area contributed by atoms with Gasteiger partial charge in [0, 0.05) is 7.11 Å². The van der Waals surface area contributed by atoms with Gasteiger partial charge in [0.25, 0.3) is 0 Å². The van der Waals surface area contributed by atoms with Crippen molar-refractivity contribution in [3.63, 3.8) is 0 Å². The van der Waals surface area contributed by atoms with E-state index < -0.39 is 0 Å². The highest BCUT2D eigenvalue weighted by molar-refractivity contribution is 5.27. The molecule has 0 bridgehead atoms. The minimum absolute atomic E-state index is 0.119. The van der Waals surface area contributed by atoms with Gasteiger partial charge in [-0.15, -0.1) is 0 Å². The molecule has 1 aromatic rings. The topological polar surface area (TPSA) is 18.5 Å². The van der Waals surface area contributed by atoms with Gasteiger partial charge in [-0.3, -0.25) is 0 Å². The molecule has 0 saturated carbocycles. The molecule has 1 aliphatic carbocycles. The summed E-state index contributed by atoms with van der Waals surface area (Å²) in [6.45, 7) is 1.30. The summed E-state index contributed by atoms with van der Waals surface area (Å²) >= 11 is 0. The summed E-state index contributed by atoms with van der Waals surface area (Å²) in [5.74, 6) is 0. The predicted octanol–water partition coefficient (Wildman–Crippen LogP) is 3.50. The van der Waals surface area contributed by atoms with Crippen molar-refractivity contribution < 1.29 is 9.47 Å². The first-order valence-corrected chi connectivity index (χ1v) is 6.26. The van der Waals surface area contributed by atoms with Crippen molar-refractivity contribution in [3.8, 4) is 0 Å². The lowest BCUT2D eigenvalue weighted by Gasteiger charge is -2.19. The zero-order valence-electron chi connectivity index (χ0n) is 10.4. The number of rotatable bonds is 6. The predicted molar refractivity (Wildman–Crippen MR) is 68.9 cm³/mol. The Labute approximate surface area is 103 Å². The zero-order valence-corrected chi connectivity index (χ0v) is 10.4. The summed E-state index contributed by atoms with van der Waals surface area (Å²) in [6.07, 6.45) is 6.05. The van der Waals surface area contributed by atoms with Crippen molar-refractivity contribution >= 4 is 0 Å². The van der Waals surface area contributed by atoms with Crippen molar-refractivity contribution in [2.24, 2.45) is 0 Å². The fourth-order valence-corrected chi connectivity index (χ4v) is 2.23. The molecule has 2 heteroatoms. The molecule has 0 saturated heterocycles. The molecule has 0 aromatic heterocycles. The molecule has 0 heterocycles. The maximum Gasteiger partial charge on any atom is 0.104 e. The second kappa shape index (κ2) is 6.58. The molecule has 1 atom stereocenters. The first kappa shape index (κ1) is 12.3. The van der Waals surface area contributed by atoms with Crippen LogP contribution in [0.3, 0.4) is 0 Å². The van der Waals surface area contributed by atoms with Gasteiger partial charge in [-0.1, -0.05) is 36.4 Å². The molecule has 2 rings (SSSR count). The molecule has 0 spiro atoms. The van der Waals surface area contributed by atoms with Crippen LogP contribution in [0, 0.1) is 0 Å². The van der Waals surface area contributed by atoms with Gasteiger partial charge in [0.1, 0.15) is 6.10 Å². The average molecular weight is 232 g/mol. The number of allylic oxidation sites excluding steroid dienone is 1. The lowest BCUT2D eigenvalue weighted by Crippen LogP contribution is -2.10. The SMILES string of the molecule is COCCO[C@H](C1=CCCC1)c1ccccc1. The van der Waals surface area contributed by atoms with Crippen LogP contribution in [0.15, 0.2) is 42.0 Å². The Balaban J connectivity index is 2.07. The van der Waals surface area contributed by atoms with E-state index in [0.29, 0.717) is 13.2 Å². The van der Waals surface area contributed by atoms with Crippen LogP contribution in [0.1, 0.15) is 30.9 Å². The van der Waals surface area contributed by atoms with Crippen molar-refractivity contribution in [1.82, 2.24) is 0 Å². The summed E-state index contributed by atoms with van der Waals surface area (Å²) in [7, 11) is 1.70. The maximum absolute atomic E-state index is 5.96. The van der Waals surface area contributed by atoms with E-state index in [-0.39, 0.29) is 6.10 Å². The number of methoxy groups -OCH3 is 1. The average Bonchev–Trinajstić information content (AvgIpc) is 2.89. The smallest absolute Gasteiger partial charge is 0.104 e. The number of benzene rings is 1. The van der Waals surface area contributed by atoms with Crippen LogP contribution in [0.4, 0.5) is 0 Å². The lowest BCUT2D eigenvalue weighted by atomic mass is 10.0. The fourth-order valence-electron chi connectivity index (χ4n) is 2.23. The molecular weight excluding hydrogens is 212 g/mol. The normalized spacial score (nSPS) is 16.9. The second-order valence-corrected chi connectivity index (χ2v) is 4.33. The number of ether oxygens (including phenoxy) is 2. The molecule has 2 nitrogen and oxygen atoms in total. The van der Waals surface area contributed by atoms with Gasteiger partial charge in [-0.25, -0.2) is 0 Å². The highest BCUT2D eigenvalue weighted by Gasteiger charge is 2.19. The van der Waals surface area contributed by atoms with Crippen LogP contribution < -0.4 is 0 Å². The number of hydrogen-bond donors (Lipinski definition) is 0. The van der Waals surface area contributed by atoms with E-state index >= 15 is 0 Å². The van der Waals surface area contributed by atoms with E-state index in [0.717, 1.165) is 6.42 Å². The molecule has 92 valence electrons. The van der Waals surface area contributed by atoms with Crippen molar-refractivity contribution in [2.75, 3.05) is 20.3 Å². The van der Waals surface area contributed by atoms with Gasteiger partial charge in [0.05, 0.1) is 13.2 Å². The fraction of sp³-hybridized carbons (Fsp3) is 0.467. The standard InChI is InChI=1S/C15H20O2/c1-16-11-12-17-15(14-9-5-6-10-14)13-7-3-2-4-8-13/h2-4,7-9,15H,5-6,10-12H2,1H3/t15-/m0/s1. The third-order valence-corrected chi connectivity index (χ3v) is 3.09. The van der Waals surface area contributed by atoms with Gasteiger partial charge in [0.15, 0.2) is 0 Å². The van der Waals surface area contributed by atoms with E-state index in [1.165, 1.54) is 24.0 Å². The molecule has 0 radical (unpaired) electrons. The van der Waals surface area contributed by atoms with Crippen molar-refractivity contribution in [3.05, 3.63) is 47.5 Å². The molecule has 1 aliphatic rings. The van der Waals surface area contributed by atoms with Gasteiger partial charge in [-0.2, -0.15) is 0 Å². The van der Waals surface area contributed by atoms with E-state index in [4.69, 9.17) is 9.47 Å². The Bertz CT molecular complexity index is 356. The summed E-state index contributed by atoms with van der Waals surface area (Å²) in [5, 5.41) is 0. The highest BCUT2D eigenvalue weighted by Crippen LogP contribution is 2.33. The molecule has 17 heavy (non-hydrogen) atoms. The zero-order chi connectivity index (χ0) is 11.9. The third-order valence-electron chi connectivity index (χ3n) is 3.09. The van der Waals surface area contributed by atoms with Crippen molar-refractivity contribution in [1.29, 1.82) is 0 Å². The van der Waals surface area contributed by atoms with Crippen LogP contribution in [0.2, 0.25) is 0 Å². The second-order valence-electron chi connectivity index (χ2n) is 4.33. The van der Waals surface area contributed by atoms with Gasteiger partial charge in [-0.05, 0) is 30.4 Å². The molecule has 0 amide bonds. The molecular formula is C15H20O2. The Kier molecular flexibility index (Phi) is 4.77. The Morgan fingerprint density at radius 1 is 1.18 bits per heavy atom. The Hall–Kier alpha value is -1.12. The van der Waals surface area contributed by atoms with E-state index in [2.05, 4.69) is 30.3 Å². The van der Waals surface area contributed by atoms with Crippen LogP contribution >= 0.6 is 0 Å². The first-order chi connectivity index (χ1) is 8.42. The lowest BCUT2D eigenvalue weighted by molar-refractivity contribution is 0.0328. The molecule has 0 fully saturated rings. The summed E-state index contributed by atoms with van der Waals surface area (Å²) < 4.78 is 11.0. The maximum atomic E-state index is 5.96. The molecule has 0 aliphatic heterocycles. The van der Waals surface area contributed by atoms with Crippen LogP contribution in [0.25, 0.3) is 0 Å². The Morgan fingerprint density at radius 2 is 2.00 bits per heavy atom. The van der Waals surface area contributed by atoms with Crippen LogP contribution in [0.5, 0.6) is 0 Å². The van der Waals surface area contributed by atoms with E-state index in [9.17, 15) is 0 Å². The minimum atomic E-state index is 0.119. The minimum Gasteiger partial charge on any atom is -0.382 e. The van der Waals surface area contributed by atoms with Gasteiger partial charge < -0.3 is 9.47 Å². The summed E-state index contributed by atoms with van der Waals surface area (Å²) in [5.41, 5.74) is 2.67. The first-order valence-electron chi connectivity index (χ1n) is 6.26. The van der Waals surface area contributed by atoms with Crippen LogP contribution in [-0.4, -0.2) is 20.3 Å². The molecule has 0 N–H and O–H groups in total. The summed E-state index contributed by atoms with van der Waals surface area (Å²) in [4.78, 5) is 0. The molecule has 1 aromatic carbocycles. The third kappa shape index (κ3) is 3.42. The van der Waals surface area contributed by atoms with E-state index in [1.807, 2.05) is 6.07 Å². The van der Waals surface area contributed by atoms with Gasteiger partial charge >= 0.3 is 0 Å².